The van der Waals surface area contributed by atoms with E-state index in [9.17, 15) is 4.79 Å². The molecule has 0 saturated heterocycles. The molecule has 13 heavy (non-hydrogen) atoms. The third-order valence-electron chi connectivity index (χ3n) is 1.59. The fourth-order valence-electron chi connectivity index (χ4n) is 0.902. The Morgan fingerprint density at radius 1 is 1.92 bits per heavy atom. The van der Waals surface area contributed by atoms with Gasteiger partial charge in [0.15, 0.2) is 0 Å². The van der Waals surface area contributed by atoms with E-state index in [2.05, 4.69) is 30.6 Å². The van der Waals surface area contributed by atoms with Gasteiger partial charge in [-0.05, 0) is 15.9 Å². The lowest BCUT2D eigenvalue weighted by Crippen LogP contribution is -2.33. The summed E-state index contributed by atoms with van der Waals surface area (Å²) < 4.78 is 5.16. The van der Waals surface area contributed by atoms with Gasteiger partial charge in [0.2, 0.25) is 0 Å². The van der Waals surface area contributed by atoms with Gasteiger partial charge < -0.3 is 15.5 Å². The predicted octanol–water partition coefficient (Wildman–Crippen LogP) is 0.215. The lowest BCUT2D eigenvalue weighted by Gasteiger charge is -2.07. The highest BCUT2D eigenvalue weighted by atomic mass is 79.9. The Labute approximate surface area is 83.8 Å². The van der Waals surface area contributed by atoms with Crippen LogP contribution >= 0.6 is 15.9 Å². The van der Waals surface area contributed by atoms with Gasteiger partial charge in [0.05, 0.1) is 19.1 Å². The molecule has 1 rings (SSSR count). The van der Waals surface area contributed by atoms with E-state index in [0.29, 0.717) is 11.0 Å². The van der Waals surface area contributed by atoms with Crippen LogP contribution in [-0.4, -0.2) is 29.1 Å². The van der Waals surface area contributed by atoms with Crippen molar-refractivity contribution >= 4 is 21.9 Å². The maximum atomic E-state index is 11.0. The van der Waals surface area contributed by atoms with Crippen molar-refractivity contribution in [1.29, 1.82) is 0 Å². The average Bonchev–Trinajstić information content (AvgIpc) is 2.50. The number of esters is 1. The van der Waals surface area contributed by atoms with Crippen LogP contribution in [0.3, 0.4) is 0 Å². The van der Waals surface area contributed by atoms with Gasteiger partial charge in [-0.15, -0.1) is 0 Å². The summed E-state index contributed by atoms with van der Waals surface area (Å²) in [7, 11) is 1.31. The van der Waals surface area contributed by atoms with E-state index in [4.69, 9.17) is 5.73 Å². The number of aromatic nitrogens is 2. The van der Waals surface area contributed by atoms with Gasteiger partial charge in [-0.1, -0.05) is 0 Å². The van der Waals surface area contributed by atoms with E-state index < -0.39 is 12.0 Å². The monoisotopic (exact) mass is 247 g/mol. The van der Waals surface area contributed by atoms with Gasteiger partial charge in [0.1, 0.15) is 10.6 Å². The molecule has 0 aromatic carbocycles. The summed E-state index contributed by atoms with van der Waals surface area (Å²) in [6.07, 6.45) is 1.91. The molecule has 3 N–H and O–H groups in total. The van der Waals surface area contributed by atoms with Crippen LogP contribution in [0, 0.1) is 0 Å². The fourth-order valence-corrected chi connectivity index (χ4v) is 1.28. The third-order valence-corrected chi connectivity index (χ3v) is 2.28. The SMILES string of the molecule is COC(=O)[C@@H](N)Cc1[nH]cnc1Br. The molecule has 1 aromatic rings. The van der Waals surface area contributed by atoms with Crippen molar-refractivity contribution in [3.05, 3.63) is 16.6 Å². The first-order valence-corrected chi connectivity index (χ1v) is 4.45. The zero-order valence-electron chi connectivity index (χ0n) is 7.08. The number of nitrogens with zero attached hydrogens (tertiary/aromatic N) is 1. The summed E-state index contributed by atoms with van der Waals surface area (Å²) in [5.74, 6) is -0.429. The minimum atomic E-state index is -0.651. The first-order chi connectivity index (χ1) is 6.15. The summed E-state index contributed by atoms with van der Waals surface area (Å²) in [6.45, 7) is 0. The second-order valence-electron chi connectivity index (χ2n) is 2.51. The molecule has 0 spiro atoms. The second kappa shape index (κ2) is 4.38. The van der Waals surface area contributed by atoms with Crippen molar-refractivity contribution in [2.75, 3.05) is 7.11 Å². The van der Waals surface area contributed by atoms with Gasteiger partial charge in [-0.25, -0.2) is 4.98 Å². The van der Waals surface area contributed by atoms with Crippen LogP contribution in [0.2, 0.25) is 0 Å². The number of carbonyl (C=O) groups excluding carboxylic acids is 1. The Kier molecular flexibility index (Phi) is 3.44. The molecule has 0 radical (unpaired) electrons. The Morgan fingerprint density at radius 3 is 3.08 bits per heavy atom. The Bertz CT molecular complexity index is 300. The molecule has 0 amide bonds. The van der Waals surface area contributed by atoms with E-state index in [1.165, 1.54) is 13.4 Å². The number of hydrogen-bond donors (Lipinski definition) is 2. The third kappa shape index (κ3) is 2.53. The van der Waals surface area contributed by atoms with Crippen LogP contribution in [0.1, 0.15) is 5.69 Å². The van der Waals surface area contributed by atoms with Gasteiger partial charge in [-0.3, -0.25) is 4.79 Å². The Morgan fingerprint density at radius 2 is 2.62 bits per heavy atom. The highest BCUT2D eigenvalue weighted by Crippen LogP contribution is 2.12. The highest BCUT2D eigenvalue weighted by Gasteiger charge is 2.16. The number of methoxy groups -OCH3 is 1. The van der Waals surface area contributed by atoms with Crippen LogP contribution < -0.4 is 5.73 Å². The number of halogens is 1. The number of hydrogen-bond acceptors (Lipinski definition) is 4. The predicted molar refractivity (Wildman–Crippen MR) is 50.0 cm³/mol. The quantitative estimate of drug-likeness (QED) is 0.749. The molecule has 0 fully saturated rings. The minimum absolute atomic E-state index is 0.382. The maximum Gasteiger partial charge on any atom is 0.323 e. The topological polar surface area (TPSA) is 81.0 Å². The maximum absolute atomic E-state index is 11.0. The molecule has 0 saturated carbocycles. The standard InChI is InChI=1S/C7H10BrN3O2/c1-13-7(12)4(9)2-5-6(8)11-3-10-5/h3-4H,2,9H2,1H3,(H,10,11)/t4-/m0/s1. The normalized spacial score (nSPS) is 12.5. The van der Waals surface area contributed by atoms with Crippen molar-refractivity contribution in [2.24, 2.45) is 5.73 Å². The number of nitrogens with one attached hydrogen (secondary N) is 1. The second-order valence-corrected chi connectivity index (χ2v) is 3.26. The molecule has 1 aromatic heterocycles. The number of imidazole rings is 1. The molecule has 0 aliphatic heterocycles. The molecule has 5 nitrogen and oxygen atoms in total. The Hall–Kier alpha value is -0.880. The summed E-state index contributed by atoms with van der Waals surface area (Å²) in [6, 6.07) is -0.651. The molecule has 72 valence electrons. The van der Waals surface area contributed by atoms with Crippen LogP contribution in [0.25, 0.3) is 0 Å². The van der Waals surface area contributed by atoms with Crippen molar-refractivity contribution in [1.82, 2.24) is 9.97 Å². The number of nitrogens with two attached hydrogens (primary N) is 1. The number of aromatic amines is 1. The first kappa shape index (κ1) is 10.2. The fraction of sp³-hybridized carbons (Fsp3) is 0.429. The number of rotatable bonds is 3. The van der Waals surface area contributed by atoms with Crippen LogP contribution in [0.15, 0.2) is 10.9 Å². The first-order valence-electron chi connectivity index (χ1n) is 3.66. The summed E-state index contributed by atoms with van der Waals surface area (Å²) in [4.78, 5) is 17.7. The molecule has 0 aliphatic rings. The minimum Gasteiger partial charge on any atom is -0.468 e. The van der Waals surface area contributed by atoms with Gasteiger partial charge >= 0.3 is 5.97 Å². The van der Waals surface area contributed by atoms with E-state index in [-0.39, 0.29) is 0 Å². The molecule has 6 heteroatoms. The molecular weight excluding hydrogens is 238 g/mol. The number of ether oxygens (including phenoxy) is 1. The highest BCUT2D eigenvalue weighted by molar-refractivity contribution is 9.10. The number of carbonyl (C=O) groups is 1. The molecule has 1 heterocycles. The van der Waals surface area contributed by atoms with Crippen LogP contribution in [0.5, 0.6) is 0 Å². The van der Waals surface area contributed by atoms with Gasteiger partial charge in [-0.2, -0.15) is 0 Å². The summed E-state index contributed by atoms with van der Waals surface area (Å²) >= 11 is 3.22. The molecule has 1 atom stereocenters. The summed E-state index contributed by atoms with van der Waals surface area (Å²) in [5.41, 5.74) is 6.33. The van der Waals surface area contributed by atoms with E-state index in [1.54, 1.807) is 0 Å². The lowest BCUT2D eigenvalue weighted by molar-refractivity contribution is -0.142. The van der Waals surface area contributed by atoms with Crippen molar-refractivity contribution in [2.45, 2.75) is 12.5 Å². The smallest absolute Gasteiger partial charge is 0.323 e. The zero-order valence-corrected chi connectivity index (χ0v) is 8.67. The number of H-pyrrole nitrogens is 1. The van der Waals surface area contributed by atoms with E-state index in [0.717, 1.165) is 5.69 Å². The van der Waals surface area contributed by atoms with E-state index >= 15 is 0 Å². The zero-order chi connectivity index (χ0) is 9.84. The Balaban J connectivity index is 2.59. The van der Waals surface area contributed by atoms with Crippen molar-refractivity contribution < 1.29 is 9.53 Å². The van der Waals surface area contributed by atoms with Crippen LogP contribution in [0.4, 0.5) is 0 Å². The largest absolute Gasteiger partial charge is 0.468 e. The molecule has 0 unspecified atom stereocenters. The lowest BCUT2D eigenvalue weighted by atomic mass is 10.2. The van der Waals surface area contributed by atoms with E-state index in [1.807, 2.05) is 0 Å². The van der Waals surface area contributed by atoms with Crippen molar-refractivity contribution in [3.8, 4) is 0 Å². The van der Waals surface area contributed by atoms with Gasteiger partial charge in [0.25, 0.3) is 0 Å². The van der Waals surface area contributed by atoms with Crippen molar-refractivity contribution in [3.63, 3.8) is 0 Å². The molecule has 0 bridgehead atoms. The molecular formula is C7H10BrN3O2. The average molecular weight is 248 g/mol. The van der Waals surface area contributed by atoms with Crippen LogP contribution in [-0.2, 0) is 16.0 Å². The molecule has 0 aliphatic carbocycles. The summed E-state index contributed by atoms with van der Waals surface area (Å²) in [5, 5.41) is 0. The van der Waals surface area contributed by atoms with Gasteiger partial charge in [0, 0.05) is 6.42 Å².